The quantitative estimate of drug-likeness (QED) is 0.731. The fourth-order valence-corrected chi connectivity index (χ4v) is 1.90. The SMILES string of the molecule is O=C(CNC1CC1)NCc1ccc2oc(=O)[nH]c2c1. The number of aromatic amines is 1. The third-order valence-corrected chi connectivity index (χ3v) is 3.10. The standard InChI is InChI=1S/C13H15N3O3/c17-12(7-14-9-2-3-9)15-6-8-1-4-11-10(5-8)16-13(18)19-11/h1,4-5,9,14H,2-3,6-7H2,(H,15,17)(H,16,18). The highest BCUT2D eigenvalue weighted by Crippen LogP contribution is 2.17. The first-order valence-corrected chi connectivity index (χ1v) is 6.32. The lowest BCUT2D eigenvalue weighted by Gasteiger charge is -2.06. The lowest BCUT2D eigenvalue weighted by Crippen LogP contribution is -2.34. The molecule has 1 aromatic carbocycles. The Labute approximate surface area is 109 Å². The highest BCUT2D eigenvalue weighted by Gasteiger charge is 2.20. The van der Waals surface area contributed by atoms with Gasteiger partial charge in [0.15, 0.2) is 5.58 Å². The van der Waals surface area contributed by atoms with Gasteiger partial charge in [0.05, 0.1) is 12.1 Å². The fraction of sp³-hybridized carbons (Fsp3) is 0.385. The van der Waals surface area contributed by atoms with E-state index in [4.69, 9.17) is 4.42 Å². The molecule has 100 valence electrons. The first-order valence-electron chi connectivity index (χ1n) is 6.32. The number of rotatable bonds is 5. The fourth-order valence-electron chi connectivity index (χ4n) is 1.90. The molecule has 0 aliphatic heterocycles. The third kappa shape index (κ3) is 3.03. The van der Waals surface area contributed by atoms with Crippen LogP contribution in [0.3, 0.4) is 0 Å². The molecule has 0 spiro atoms. The Hall–Kier alpha value is -2.08. The molecule has 6 heteroatoms. The highest BCUT2D eigenvalue weighted by molar-refractivity contribution is 5.78. The number of amides is 1. The Morgan fingerprint density at radius 2 is 2.26 bits per heavy atom. The number of benzene rings is 1. The van der Waals surface area contributed by atoms with Gasteiger partial charge >= 0.3 is 5.76 Å². The monoisotopic (exact) mass is 261 g/mol. The lowest BCUT2D eigenvalue weighted by atomic mass is 10.2. The maximum atomic E-state index is 11.6. The third-order valence-electron chi connectivity index (χ3n) is 3.10. The van der Waals surface area contributed by atoms with Gasteiger partial charge in [-0.25, -0.2) is 4.79 Å². The van der Waals surface area contributed by atoms with Gasteiger partial charge < -0.3 is 15.1 Å². The maximum Gasteiger partial charge on any atom is 0.417 e. The number of fused-ring (bicyclic) bond motifs is 1. The van der Waals surface area contributed by atoms with E-state index in [0.29, 0.717) is 30.2 Å². The van der Waals surface area contributed by atoms with Gasteiger partial charge in [0.1, 0.15) is 0 Å². The predicted molar refractivity (Wildman–Crippen MR) is 69.7 cm³/mol. The molecule has 1 amide bonds. The van der Waals surface area contributed by atoms with Crippen molar-refractivity contribution in [2.75, 3.05) is 6.54 Å². The van der Waals surface area contributed by atoms with Crippen LogP contribution in [0.2, 0.25) is 0 Å². The second-order valence-electron chi connectivity index (χ2n) is 4.78. The molecule has 0 radical (unpaired) electrons. The zero-order valence-electron chi connectivity index (χ0n) is 10.4. The van der Waals surface area contributed by atoms with Gasteiger partial charge in [0.2, 0.25) is 5.91 Å². The molecule has 6 nitrogen and oxygen atoms in total. The molecule has 19 heavy (non-hydrogen) atoms. The number of carbonyl (C=O) groups excluding carboxylic acids is 1. The number of aromatic nitrogens is 1. The minimum absolute atomic E-state index is 0.0207. The van der Waals surface area contributed by atoms with E-state index < -0.39 is 5.76 Å². The Morgan fingerprint density at radius 1 is 1.42 bits per heavy atom. The van der Waals surface area contributed by atoms with Gasteiger partial charge in [-0.05, 0) is 30.5 Å². The van der Waals surface area contributed by atoms with Crippen LogP contribution in [0.1, 0.15) is 18.4 Å². The summed E-state index contributed by atoms with van der Waals surface area (Å²) >= 11 is 0. The molecule has 3 rings (SSSR count). The molecule has 1 aliphatic carbocycles. The zero-order valence-corrected chi connectivity index (χ0v) is 10.4. The number of oxazole rings is 1. The summed E-state index contributed by atoms with van der Waals surface area (Å²) in [5.41, 5.74) is 2.09. The summed E-state index contributed by atoms with van der Waals surface area (Å²) in [6.07, 6.45) is 2.33. The van der Waals surface area contributed by atoms with Crippen LogP contribution in [-0.4, -0.2) is 23.5 Å². The Balaban J connectivity index is 1.57. The smallest absolute Gasteiger partial charge is 0.408 e. The molecule has 1 aliphatic rings. The average molecular weight is 261 g/mol. The van der Waals surface area contributed by atoms with Gasteiger partial charge in [0, 0.05) is 12.6 Å². The van der Waals surface area contributed by atoms with E-state index in [1.807, 2.05) is 6.07 Å². The van der Waals surface area contributed by atoms with Crippen LogP contribution in [0.15, 0.2) is 27.4 Å². The van der Waals surface area contributed by atoms with Crippen molar-refractivity contribution < 1.29 is 9.21 Å². The molecule has 1 aromatic heterocycles. The minimum atomic E-state index is -0.468. The first kappa shape index (κ1) is 12.0. The van der Waals surface area contributed by atoms with Crippen molar-refractivity contribution in [3.05, 3.63) is 34.3 Å². The molecule has 1 fully saturated rings. The maximum absolute atomic E-state index is 11.6. The lowest BCUT2D eigenvalue weighted by molar-refractivity contribution is -0.120. The molecule has 0 bridgehead atoms. The van der Waals surface area contributed by atoms with Crippen LogP contribution < -0.4 is 16.4 Å². The van der Waals surface area contributed by atoms with E-state index in [9.17, 15) is 9.59 Å². The van der Waals surface area contributed by atoms with E-state index >= 15 is 0 Å². The van der Waals surface area contributed by atoms with Crippen LogP contribution in [0.5, 0.6) is 0 Å². The molecule has 1 saturated carbocycles. The summed E-state index contributed by atoms with van der Waals surface area (Å²) in [6, 6.07) is 5.87. The van der Waals surface area contributed by atoms with Crippen LogP contribution in [-0.2, 0) is 11.3 Å². The topological polar surface area (TPSA) is 87.1 Å². The molecular weight excluding hydrogens is 246 g/mol. The summed E-state index contributed by atoms with van der Waals surface area (Å²) < 4.78 is 4.91. The first-order chi connectivity index (χ1) is 9.20. The van der Waals surface area contributed by atoms with E-state index in [0.717, 1.165) is 18.4 Å². The van der Waals surface area contributed by atoms with Crippen LogP contribution in [0.4, 0.5) is 0 Å². The van der Waals surface area contributed by atoms with Crippen molar-refractivity contribution in [3.8, 4) is 0 Å². The van der Waals surface area contributed by atoms with Crippen LogP contribution in [0, 0.1) is 0 Å². The van der Waals surface area contributed by atoms with E-state index in [1.54, 1.807) is 12.1 Å². The number of nitrogens with one attached hydrogen (secondary N) is 3. The summed E-state index contributed by atoms with van der Waals surface area (Å²) in [4.78, 5) is 25.2. The second-order valence-corrected chi connectivity index (χ2v) is 4.78. The summed E-state index contributed by atoms with van der Waals surface area (Å²) in [7, 11) is 0. The van der Waals surface area contributed by atoms with Gasteiger partial charge in [-0.2, -0.15) is 0 Å². The van der Waals surface area contributed by atoms with Gasteiger partial charge in [-0.1, -0.05) is 6.07 Å². The van der Waals surface area contributed by atoms with Crippen molar-refractivity contribution in [3.63, 3.8) is 0 Å². The Morgan fingerprint density at radius 3 is 3.05 bits per heavy atom. The largest absolute Gasteiger partial charge is 0.417 e. The van der Waals surface area contributed by atoms with Gasteiger partial charge in [0.25, 0.3) is 0 Å². The van der Waals surface area contributed by atoms with E-state index in [-0.39, 0.29) is 5.91 Å². The number of carbonyl (C=O) groups is 1. The van der Waals surface area contributed by atoms with Gasteiger partial charge in [-0.3, -0.25) is 9.78 Å². The second kappa shape index (κ2) is 4.89. The van der Waals surface area contributed by atoms with Crippen molar-refractivity contribution in [2.45, 2.75) is 25.4 Å². The molecule has 2 aromatic rings. The highest BCUT2D eigenvalue weighted by atomic mass is 16.4. The van der Waals surface area contributed by atoms with Crippen molar-refractivity contribution in [1.82, 2.24) is 15.6 Å². The molecular formula is C13H15N3O3. The average Bonchev–Trinajstić information content (AvgIpc) is 3.14. The number of H-pyrrole nitrogens is 1. The van der Waals surface area contributed by atoms with Crippen LogP contribution in [0.25, 0.3) is 11.1 Å². The predicted octanol–water partition coefficient (Wildman–Crippen LogP) is 0.489. The normalized spacial score (nSPS) is 14.7. The van der Waals surface area contributed by atoms with Crippen molar-refractivity contribution in [1.29, 1.82) is 0 Å². The summed E-state index contributed by atoms with van der Waals surface area (Å²) in [6.45, 7) is 0.795. The number of hydrogen-bond donors (Lipinski definition) is 3. The Bertz CT molecular complexity index is 654. The van der Waals surface area contributed by atoms with Crippen LogP contribution >= 0.6 is 0 Å². The molecule has 1 heterocycles. The molecule has 0 unspecified atom stereocenters. The zero-order chi connectivity index (χ0) is 13.2. The molecule has 0 saturated heterocycles. The number of hydrogen-bond acceptors (Lipinski definition) is 4. The molecule has 0 atom stereocenters. The van der Waals surface area contributed by atoms with Crippen molar-refractivity contribution in [2.24, 2.45) is 0 Å². The van der Waals surface area contributed by atoms with E-state index in [1.165, 1.54) is 0 Å². The van der Waals surface area contributed by atoms with Gasteiger partial charge in [-0.15, -0.1) is 0 Å². The van der Waals surface area contributed by atoms with E-state index in [2.05, 4.69) is 15.6 Å². The summed E-state index contributed by atoms with van der Waals surface area (Å²) in [5.74, 6) is -0.488. The Kier molecular flexibility index (Phi) is 3.08. The summed E-state index contributed by atoms with van der Waals surface area (Å²) in [5, 5.41) is 5.98. The van der Waals surface area contributed by atoms with Crippen molar-refractivity contribution >= 4 is 17.0 Å². The minimum Gasteiger partial charge on any atom is -0.408 e. The molecule has 3 N–H and O–H groups in total.